The molecule has 0 radical (unpaired) electrons. The lowest BCUT2D eigenvalue weighted by Crippen LogP contribution is -2.36. The standard InChI is InChI=1S/C15H24FN3/c1-17-15(13-6-4-5-7-14(13)16)11-19-9-8-12(10-19)18(2)3/h4-7,12,15,17H,8-11H2,1-3H3. The normalized spacial score (nSPS) is 22.1. The summed E-state index contributed by atoms with van der Waals surface area (Å²) < 4.78 is 13.8. The molecule has 0 saturated carbocycles. The summed E-state index contributed by atoms with van der Waals surface area (Å²) in [6.07, 6.45) is 1.20. The number of hydrogen-bond acceptors (Lipinski definition) is 3. The Kier molecular flexibility index (Phi) is 4.91. The highest BCUT2D eigenvalue weighted by atomic mass is 19.1. The Morgan fingerprint density at radius 2 is 2.16 bits per heavy atom. The number of nitrogens with one attached hydrogen (secondary N) is 1. The zero-order valence-electron chi connectivity index (χ0n) is 12.1. The summed E-state index contributed by atoms with van der Waals surface area (Å²) in [5.41, 5.74) is 0.762. The molecule has 4 heteroatoms. The van der Waals surface area contributed by atoms with Gasteiger partial charge in [-0.1, -0.05) is 18.2 Å². The third-order valence-electron chi connectivity index (χ3n) is 4.05. The zero-order chi connectivity index (χ0) is 13.8. The maximum absolute atomic E-state index is 13.8. The van der Waals surface area contributed by atoms with Crippen LogP contribution in [0.3, 0.4) is 0 Å². The molecule has 1 aromatic carbocycles. The molecule has 2 rings (SSSR count). The summed E-state index contributed by atoms with van der Waals surface area (Å²) in [5, 5.41) is 3.23. The van der Waals surface area contributed by atoms with Gasteiger partial charge in [0.15, 0.2) is 0 Å². The predicted molar refractivity (Wildman–Crippen MR) is 76.7 cm³/mol. The van der Waals surface area contributed by atoms with Crippen LogP contribution < -0.4 is 5.32 Å². The molecule has 0 aliphatic carbocycles. The fourth-order valence-corrected chi connectivity index (χ4v) is 2.76. The maximum Gasteiger partial charge on any atom is 0.128 e. The maximum atomic E-state index is 13.8. The van der Waals surface area contributed by atoms with Gasteiger partial charge in [0.05, 0.1) is 0 Å². The third kappa shape index (κ3) is 3.53. The second-order valence-electron chi connectivity index (χ2n) is 5.53. The van der Waals surface area contributed by atoms with Gasteiger partial charge in [-0.2, -0.15) is 0 Å². The summed E-state index contributed by atoms with van der Waals surface area (Å²) in [7, 11) is 6.15. The van der Waals surface area contributed by atoms with Gasteiger partial charge in [0.2, 0.25) is 0 Å². The van der Waals surface area contributed by atoms with E-state index in [1.54, 1.807) is 6.07 Å². The first-order valence-electron chi connectivity index (χ1n) is 6.92. The van der Waals surface area contributed by atoms with Crippen LogP contribution in [0.2, 0.25) is 0 Å². The van der Waals surface area contributed by atoms with Gasteiger partial charge in [-0.25, -0.2) is 4.39 Å². The van der Waals surface area contributed by atoms with E-state index >= 15 is 0 Å². The summed E-state index contributed by atoms with van der Waals surface area (Å²) >= 11 is 0. The Hall–Kier alpha value is -0.970. The van der Waals surface area contributed by atoms with E-state index in [1.165, 1.54) is 12.5 Å². The van der Waals surface area contributed by atoms with Gasteiger partial charge in [0.25, 0.3) is 0 Å². The number of likely N-dealkylation sites (tertiary alicyclic amines) is 1. The fourth-order valence-electron chi connectivity index (χ4n) is 2.76. The highest BCUT2D eigenvalue weighted by molar-refractivity contribution is 5.21. The number of likely N-dealkylation sites (N-methyl/N-ethyl adjacent to an activating group) is 2. The van der Waals surface area contributed by atoms with Crippen LogP contribution in [0.15, 0.2) is 24.3 Å². The molecule has 0 spiro atoms. The molecule has 19 heavy (non-hydrogen) atoms. The van der Waals surface area contributed by atoms with Crippen molar-refractivity contribution in [1.29, 1.82) is 0 Å². The first-order valence-corrected chi connectivity index (χ1v) is 6.92. The molecule has 1 saturated heterocycles. The summed E-state index contributed by atoms with van der Waals surface area (Å²) in [4.78, 5) is 4.69. The molecule has 1 aromatic rings. The van der Waals surface area contributed by atoms with E-state index in [1.807, 2.05) is 19.2 Å². The summed E-state index contributed by atoms with van der Waals surface area (Å²) in [6.45, 7) is 3.02. The molecule has 106 valence electrons. The van der Waals surface area contributed by atoms with Crippen LogP contribution in [0, 0.1) is 5.82 Å². The van der Waals surface area contributed by atoms with Crippen molar-refractivity contribution in [2.75, 3.05) is 40.8 Å². The lowest BCUT2D eigenvalue weighted by atomic mass is 10.1. The van der Waals surface area contributed by atoms with Crippen molar-refractivity contribution in [2.24, 2.45) is 0 Å². The molecule has 1 fully saturated rings. The highest BCUT2D eigenvalue weighted by Crippen LogP contribution is 2.21. The minimum absolute atomic E-state index is 0.0575. The molecular weight excluding hydrogens is 241 g/mol. The van der Waals surface area contributed by atoms with Crippen molar-refractivity contribution in [3.63, 3.8) is 0 Å². The second kappa shape index (κ2) is 6.46. The topological polar surface area (TPSA) is 18.5 Å². The molecule has 1 aliphatic heterocycles. The Balaban J connectivity index is 1.99. The number of benzene rings is 1. The van der Waals surface area contributed by atoms with Crippen LogP contribution in [-0.4, -0.2) is 56.6 Å². The first-order chi connectivity index (χ1) is 9.11. The largest absolute Gasteiger partial charge is 0.312 e. The molecule has 1 N–H and O–H groups in total. The molecule has 0 bridgehead atoms. The van der Waals surface area contributed by atoms with Crippen molar-refractivity contribution in [3.8, 4) is 0 Å². The van der Waals surface area contributed by atoms with Gasteiger partial charge >= 0.3 is 0 Å². The van der Waals surface area contributed by atoms with Crippen LogP contribution in [0.5, 0.6) is 0 Å². The summed E-state index contributed by atoms with van der Waals surface area (Å²) in [5.74, 6) is -0.120. The number of halogens is 1. The molecular formula is C15H24FN3. The Morgan fingerprint density at radius 3 is 2.74 bits per heavy atom. The number of hydrogen-bond donors (Lipinski definition) is 1. The first kappa shape index (κ1) is 14.4. The predicted octanol–water partition coefficient (Wildman–Crippen LogP) is 1.72. The minimum atomic E-state index is -0.120. The molecule has 2 unspecified atom stereocenters. The van der Waals surface area contributed by atoms with Crippen LogP contribution in [0.1, 0.15) is 18.0 Å². The average Bonchev–Trinajstić information content (AvgIpc) is 2.86. The van der Waals surface area contributed by atoms with E-state index in [0.29, 0.717) is 6.04 Å². The smallest absolute Gasteiger partial charge is 0.128 e. The van der Waals surface area contributed by atoms with Gasteiger partial charge in [0, 0.05) is 30.7 Å². The highest BCUT2D eigenvalue weighted by Gasteiger charge is 2.26. The lowest BCUT2D eigenvalue weighted by molar-refractivity contribution is 0.252. The van der Waals surface area contributed by atoms with E-state index in [0.717, 1.165) is 25.2 Å². The Bertz CT molecular complexity index is 408. The monoisotopic (exact) mass is 265 g/mol. The van der Waals surface area contributed by atoms with Gasteiger partial charge in [-0.05, 0) is 40.2 Å². The second-order valence-corrected chi connectivity index (χ2v) is 5.53. The molecule has 0 amide bonds. The average molecular weight is 265 g/mol. The zero-order valence-corrected chi connectivity index (χ0v) is 12.1. The van der Waals surface area contributed by atoms with E-state index in [9.17, 15) is 4.39 Å². The van der Waals surface area contributed by atoms with E-state index < -0.39 is 0 Å². The van der Waals surface area contributed by atoms with Crippen molar-refractivity contribution in [1.82, 2.24) is 15.1 Å². The summed E-state index contributed by atoms with van der Waals surface area (Å²) in [6, 6.07) is 7.72. The molecule has 1 aliphatic rings. The number of rotatable bonds is 5. The van der Waals surface area contributed by atoms with Gasteiger partial charge in [0.1, 0.15) is 5.82 Å². The van der Waals surface area contributed by atoms with Crippen molar-refractivity contribution < 1.29 is 4.39 Å². The quantitative estimate of drug-likeness (QED) is 0.874. The van der Waals surface area contributed by atoms with Crippen molar-refractivity contribution in [2.45, 2.75) is 18.5 Å². The van der Waals surface area contributed by atoms with Crippen LogP contribution in [0.25, 0.3) is 0 Å². The molecule has 1 heterocycles. The van der Waals surface area contributed by atoms with Crippen LogP contribution in [0.4, 0.5) is 4.39 Å². The van der Waals surface area contributed by atoms with Gasteiger partial charge in [-0.3, -0.25) is 4.90 Å². The Morgan fingerprint density at radius 1 is 1.42 bits per heavy atom. The lowest BCUT2D eigenvalue weighted by Gasteiger charge is -2.25. The van der Waals surface area contributed by atoms with Crippen molar-refractivity contribution in [3.05, 3.63) is 35.6 Å². The Labute approximate surface area is 115 Å². The van der Waals surface area contributed by atoms with E-state index in [4.69, 9.17) is 0 Å². The van der Waals surface area contributed by atoms with E-state index in [2.05, 4.69) is 29.2 Å². The SMILES string of the molecule is CNC(CN1CCC(N(C)C)C1)c1ccccc1F. The molecule has 3 nitrogen and oxygen atoms in total. The molecule has 2 atom stereocenters. The van der Waals surface area contributed by atoms with Gasteiger partial charge in [-0.15, -0.1) is 0 Å². The molecule has 0 aromatic heterocycles. The minimum Gasteiger partial charge on any atom is -0.312 e. The number of nitrogens with zero attached hydrogens (tertiary/aromatic N) is 2. The van der Waals surface area contributed by atoms with E-state index in [-0.39, 0.29) is 11.9 Å². The van der Waals surface area contributed by atoms with Crippen molar-refractivity contribution >= 4 is 0 Å². The van der Waals surface area contributed by atoms with Crippen LogP contribution in [-0.2, 0) is 0 Å². The van der Waals surface area contributed by atoms with Gasteiger partial charge < -0.3 is 10.2 Å². The fraction of sp³-hybridized carbons (Fsp3) is 0.600. The van der Waals surface area contributed by atoms with Crippen LogP contribution >= 0.6 is 0 Å². The third-order valence-corrected chi connectivity index (χ3v) is 4.05.